The van der Waals surface area contributed by atoms with Gasteiger partial charge in [0.2, 0.25) is 0 Å². The smallest absolute Gasteiger partial charge is 0.122 e. The first-order valence-corrected chi connectivity index (χ1v) is 6.46. The van der Waals surface area contributed by atoms with Crippen LogP contribution in [0.25, 0.3) is 0 Å². The van der Waals surface area contributed by atoms with Gasteiger partial charge in [-0.1, -0.05) is 0 Å². The highest BCUT2D eigenvalue weighted by molar-refractivity contribution is 5.52. The number of hydrogen-bond donors (Lipinski definition) is 2. The molecule has 0 bridgehead atoms. The van der Waals surface area contributed by atoms with Crippen LogP contribution in [0.2, 0.25) is 0 Å². The minimum Gasteiger partial charge on any atom is -0.493 e. The maximum absolute atomic E-state index is 5.51. The molecule has 1 fully saturated rings. The summed E-state index contributed by atoms with van der Waals surface area (Å²) >= 11 is 0. The van der Waals surface area contributed by atoms with Crippen molar-refractivity contribution in [3.05, 3.63) is 23.8 Å². The molecule has 1 aliphatic heterocycles. The lowest BCUT2D eigenvalue weighted by atomic mass is 10.1. The molecule has 3 heteroatoms. The fourth-order valence-corrected chi connectivity index (χ4v) is 2.55. The van der Waals surface area contributed by atoms with Crippen molar-refractivity contribution in [2.75, 3.05) is 32.1 Å². The van der Waals surface area contributed by atoms with E-state index >= 15 is 0 Å². The molecular formula is C14H20N2O. The van der Waals surface area contributed by atoms with Gasteiger partial charge in [-0.25, -0.2) is 0 Å². The number of benzene rings is 1. The Balaban J connectivity index is 1.62. The van der Waals surface area contributed by atoms with Gasteiger partial charge in [0.15, 0.2) is 0 Å². The van der Waals surface area contributed by atoms with Gasteiger partial charge in [-0.15, -0.1) is 0 Å². The Morgan fingerprint density at radius 2 is 2.18 bits per heavy atom. The fourth-order valence-electron chi connectivity index (χ4n) is 2.55. The van der Waals surface area contributed by atoms with Gasteiger partial charge in [0.05, 0.1) is 6.61 Å². The number of fused-ring (bicyclic) bond motifs is 1. The van der Waals surface area contributed by atoms with Gasteiger partial charge in [0.1, 0.15) is 5.75 Å². The molecule has 2 N–H and O–H groups in total. The van der Waals surface area contributed by atoms with Crippen LogP contribution in [0.5, 0.6) is 5.75 Å². The van der Waals surface area contributed by atoms with Crippen molar-refractivity contribution in [1.82, 2.24) is 5.32 Å². The Morgan fingerprint density at radius 1 is 1.29 bits per heavy atom. The van der Waals surface area contributed by atoms with Crippen LogP contribution in [-0.2, 0) is 6.42 Å². The Labute approximate surface area is 103 Å². The van der Waals surface area contributed by atoms with Gasteiger partial charge >= 0.3 is 0 Å². The highest BCUT2D eigenvalue weighted by Gasteiger charge is 2.41. The minimum atomic E-state index is 0.504. The first-order chi connectivity index (χ1) is 8.31. The second-order valence-corrected chi connectivity index (χ2v) is 5.30. The van der Waals surface area contributed by atoms with Crippen LogP contribution in [0.3, 0.4) is 0 Å². The van der Waals surface area contributed by atoms with Crippen molar-refractivity contribution in [2.24, 2.45) is 5.41 Å². The zero-order chi connectivity index (χ0) is 11.7. The molecule has 1 heterocycles. The highest BCUT2D eigenvalue weighted by atomic mass is 16.5. The Kier molecular flexibility index (Phi) is 2.71. The van der Waals surface area contributed by atoms with E-state index in [0.717, 1.165) is 31.9 Å². The molecule has 3 rings (SSSR count). The number of nitrogens with one attached hydrogen (secondary N) is 2. The SMILES string of the molecule is CNCC1(CNc2ccc3c(c2)CCO3)CC1. The van der Waals surface area contributed by atoms with Crippen LogP contribution in [0, 0.1) is 5.41 Å². The molecule has 0 amide bonds. The third-order valence-corrected chi connectivity index (χ3v) is 3.87. The molecule has 0 unspecified atom stereocenters. The zero-order valence-electron chi connectivity index (χ0n) is 10.4. The molecule has 17 heavy (non-hydrogen) atoms. The number of anilines is 1. The summed E-state index contributed by atoms with van der Waals surface area (Å²) in [5.74, 6) is 1.06. The number of rotatable bonds is 5. The van der Waals surface area contributed by atoms with E-state index in [1.165, 1.54) is 24.1 Å². The summed E-state index contributed by atoms with van der Waals surface area (Å²) in [6.45, 7) is 3.03. The minimum absolute atomic E-state index is 0.504. The average molecular weight is 232 g/mol. The average Bonchev–Trinajstić information content (AvgIpc) is 2.95. The van der Waals surface area contributed by atoms with Gasteiger partial charge in [-0.3, -0.25) is 0 Å². The summed E-state index contributed by atoms with van der Waals surface area (Å²) in [6, 6.07) is 6.44. The number of hydrogen-bond acceptors (Lipinski definition) is 3. The quantitative estimate of drug-likeness (QED) is 0.815. The largest absolute Gasteiger partial charge is 0.493 e. The second-order valence-electron chi connectivity index (χ2n) is 5.30. The predicted molar refractivity (Wildman–Crippen MR) is 69.7 cm³/mol. The van der Waals surface area contributed by atoms with Crippen LogP contribution in [0.1, 0.15) is 18.4 Å². The monoisotopic (exact) mass is 232 g/mol. The first-order valence-electron chi connectivity index (χ1n) is 6.46. The van der Waals surface area contributed by atoms with Crippen LogP contribution in [0.4, 0.5) is 5.69 Å². The molecule has 0 radical (unpaired) electrons. The standard InChI is InChI=1S/C14H20N2O/c1-15-9-14(5-6-14)10-16-12-2-3-13-11(8-12)4-7-17-13/h2-3,8,15-16H,4-7,9-10H2,1H3. The van der Waals surface area contributed by atoms with E-state index in [1.54, 1.807) is 0 Å². The molecule has 1 saturated carbocycles. The number of ether oxygens (including phenoxy) is 1. The molecular weight excluding hydrogens is 212 g/mol. The van der Waals surface area contributed by atoms with Crippen LogP contribution in [0.15, 0.2) is 18.2 Å². The summed E-state index contributed by atoms with van der Waals surface area (Å²) in [5.41, 5.74) is 3.08. The van der Waals surface area contributed by atoms with Crippen molar-refractivity contribution < 1.29 is 4.74 Å². The molecule has 92 valence electrons. The Morgan fingerprint density at radius 3 is 2.94 bits per heavy atom. The van der Waals surface area contributed by atoms with Crippen LogP contribution in [-0.4, -0.2) is 26.7 Å². The maximum Gasteiger partial charge on any atom is 0.122 e. The molecule has 1 aromatic carbocycles. The van der Waals surface area contributed by atoms with Gasteiger partial charge < -0.3 is 15.4 Å². The van der Waals surface area contributed by atoms with Crippen molar-refractivity contribution in [3.63, 3.8) is 0 Å². The van der Waals surface area contributed by atoms with E-state index in [2.05, 4.69) is 28.8 Å². The third kappa shape index (κ3) is 2.25. The summed E-state index contributed by atoms with van der Waals surface area (Å²) < 4.78 is 5.51. The fraction of sp³-hybridized carbons (Fsp3) is 0.571. The van der Waals surface area contributed by atoms with Crippen LogP contribution >= 0.6 is 0 Å². The van der Waals surface area contributed by atoms with Crippen molar-refractivity contribution in [1.29, 1.82) is 0 Å². The summed E-state index contributed by atoms with van der Waals surface area (Å²) in [4.78, 5) is 0. The first kappa shape index (κ1) is 10.9. The van der Waals surface area contributed by atoms with E-state index in [9.17, 15) is 0 Å². The molecule has 0 aromatic heterocycles. The van der Waals surface area contributed by atoms with Crippen LogP contribution < -0.4 is 15.4 Å². The van der Waals surface area contributed by atoms with Gasteiger partial charge in [-0.05, 0) is 43.7 Å². The molecule has 2 aliphatic rings. The molecule has 0 atom stereocenters. The lowest BCUT2D eigenvalue weighted by molar-refractivity contribution is 0.357. The van der Waals surface area contributed by atoms with Gasteiger partial charge in [0, 0.05) is 30.6 Å². The van der Waals surface area contributed by atoms with Crippen molar-refractivity contribution in [3.8, 4) is 5.75 Å². The van der Waals surface area contributed by atoms with E-state index < -0.39 is 0 Å². The lowest BCUT2D eigenvalue weighted by Gasteiger charge is -2.16. The van der Waals surface area contributed by atoms with Crippen molar-refractivity contribution in [2.45, 2.75) is 19.3 Å². The zero-order valence-corrected chi connectivity index (χ0v) is 10.4. The lowest BCUT2D eigenvalue weighted by Crippen LogP contribution is -2.26. The molecule has 3 nitrogen and oxygen atoms in total. The van der Waals surface area contributed by atoms with Crippen molar-refractivity contribution >= 4 is 5.69 Å². The van der Waals surface area contributed by atoms with Gasteiger partial charge in [-0.2, -0.15) is 0 Å². The van der Waals surface area contributed by atoms with E-state index in [0.29, 0.717) is 5.41 Å². The summed E-state index contributed by atoms with van der Waals surface area (Å²) in [6.07, 6.45) is 3.73. The molecule has 1 aromatic rings. The Hall–Kier alpha value is -1.22. The van der Waals surface area contributed by atoms with E-state index in [1.807, 2.05) is 7.05 Å². The highest BCUT2D eigenvalue weighted by Crippen LogP contribution is 2.45. The van der Waals surface area contributed by atoms with Gasteiger partial charge in [0.25, 0.3) is 0 Å². The molecule has 1 aliphatic carbocycles. The third-order valence-electron chi connectivity index (χ3n) is 3.87. The molecule has 0 saturated heterocycles. The Bertz CT molecular complexity index is 413. The van der Waals surface area contributed by atoms with E-state index in [-0.39, 0.29) is 0 Å². The maximum atomic E-state index is 5.51. The topological polar surface area (TPSA) is 33.3 Å². The molecule has 0 spiro atoms. The summed E-state index contributed by atoms with van der Waals surface area (Å²) in [7, 11) is 2.03. The normalized spacial score (nSPS) is 19.6. The summed E-state index contributed by atoms with van der Waals surface area (Å²) in [5, 5.41) is 6.85. The van der Waals surface area contributed by atoms with E-state index in [4.69, 9.17) is 4.74 Å². The predicted octanol–water partition coefficient (Wildman–Crippen LogP) is 2.03. The second kappa shape index (κ2) is 4.22.